The molecule has 2 aliphatic rings. The molecule has 0 radical (unpaired) electrons. The van der Waals surface area contributed by atoms with E-state index in [0.717, 1.165) is 63.1 Å². The fourth-order valence-corrected chi connectivity index (χ4v) is 4.67. The number of rotatable bonds is 6. The third-order valence-corrected chi connectivity index (χ3v) is 5.92. The molecule has 1 saturated heterocycles. The van der Waals surface area contributed by atoms with Crippen molar-refractivity contribution in [3.8, 4) is 0 Å². The van der Waals surface area contributed by atoms with E-state index >= 15 is 0 Å². The smallest absolute Gasteiger partial charge is 0.0961 e. The lowest BCUT2D eigenvalue weighted by atomic mass is 9.77. The number of benzene rings is 1. The monoisotopic (exact) mass is 343 g/mol. The molecule has 5 heteroatoms. The van der Waals surface area contributed by atoms with Crippen LogP contribution >= 0.6 is 0 Å². The third kappa shape index (κ3) is 3.46. The summed E-state index contributed by atoms with van der Waals surface area (Å²) in [6.45, 7) is 7.08. The predicted octanol–water partition coefficient (Wildman–Crippen LogP) is 2.71. The van der Waals surface area contributed by atoms with Gasteiger partial charge >= 0.3 is 0 Å². The maximum atomic E-state index is 10.8. The van der Waals surface area contributed by atoms with Crippen LogP contribution in [0.4, 0.5) is 0 Å². The molecule has 5 nitrogen and oxygen atoms in total. The Balaban J connectivity index is 1.42. The number of hydrogen-bond acceptors (Lipinski definition) is 4. The van der Waals surface area contributed by atoms with Gasteiger partial charge in [0, 0.05) is 26.2 Å². The molecule has 2 heterocycles. The first-order valence-electron chi connectivity index (χ1n) is 9.66. The van der Waals surface area contributed by atoms with Crippen molar-refractivity contribution in [1.29, 1.82) is 0 Å². The second kappa shape index (κ2) is 7.44. The van der Waals surface area contributed by atoms with Crippen molar-refractivity contribution in [2.45, 2.75) is 38.3 Å². The van der Waals surface area contributed by atoms with Crippen LogP contribution in [-0.4, -0.2) is 58.5 Å². The number of aliphatic hydroxyl groups excluding tert-OH is 1. The first-order chi connectivity index (χ1) is 12.3. The number of hydrogen-bond donors (Lipinski definition) is 1. The topological polar surface area (TPSA) is 50.5 Å². The molecular weight excluding hydrogens is 314 g/mol. The highest BCUT2D eigenvalue weighted by Crippen LogP contribution is 2.42. The lowest BCUT2D eigenvalue weighted by molar-refractivity contribution is 0.0374. The van der Waals surface area contributed by atoms with Gasteiger partial charge in [-0.05, 0) is 43.2 Å². The molecule has 136 valence electrons. The summed E-state index contributed by atoms with van der Waals surface area (Å²) in [6, 6.07) is 8.35. The minimum absolute atomic E-state index is 0.143. The van der Waals surface area contributed by atoms with Crippen LogP contribution in [0.1, 0.15) is 32.2 Å². The van der Waals surface area contributed by atoms with Crippen LogP contribution in [0.2, 0.25) is 0 Å². The Morgan fingerprint density at radius 3 is 2.80 bits per heavy atom. The minimum atomic E-state index is -0.282. The molecule has 2 fully saturated rings. The zero-order valence-corrected chi connectivity index (χ0v) is 15.1. The van der Waals surface area contributed by atoms with E-state index in [0.29, 0.717) is 11.8 Å². The standard InChI is InChI=1S/C20H29N3O2/c1-2-8-25-9-7-22-12-15-10-19(20(24)11-16(15)13-22)23-14-21-17-5-3-4-6-18(17)23/h3-6,14-16,19-20,24H,2,7-13H2,1H3/t15-,16+,19-,20-/m1/s1. The quantitative estimate of drug-likeness (QED) is 0.820. The van der Waals surface area contributed by atoms with Gasteiger partial charge < -0.3 is 19.3 Å². The average molecular weight is 343 g/mol. The highest BCUT2D eigenvalue weighted by Gasteiger charge is 2.42. The number of nitrogens with zero attached hydrogens (tertiary/aromatic N) is 3. The normalized spacial score (nSPS) is 30.0. The second-order valence-electron chi connectivity index (χ2n) is 7.64. The van der Waals surface area contributed by atoms with Gasteiger partial charge in [-0.1, -0.05) is 19.1 Å². The largest absolute Gasteiger partial charge is 0.391 e. The molecule has 0 spiro atoms. The van der Waals surface area contributed by atoms with E-state index in [1.54, 1.807) is 0 Å². The van der Waals surface area contributed by atoms with Gasteiger partial charge in [-0.15, -0.1) is 0 Å². The number of likely N-dealkylation sites (tertiary alicyclic amines) is 1. The van der Waals surface area contributed by atoms with Crippen molar-refractivity contribution in [1.82, 2.24) is 14.5 Å². The Kier molecular flexibility index (Phi) is 5.06. The predicted molar refractivity (Wildman–Crippen MR) is 98.5 cm³/mol. The molecule has 2 aromatic rings. The van der Waals surface area contributed by atoms with Gasteiger partial charge in [0.1, 0.15) is 0 Å². The van der Waals surface area contributed by atoms with E-state index in [4.69, 9.17) is 4.74 Å². The number of aromatic nitrogens is 2. The summed E-state index contributed by atoms with van der Waals surface area (Å²) in [5.41, 5.74) is 2.14. The summed E-state index contributed by atoms with van der Waals surface area (Å²) < 4.78 is 7.84. The van der Waals surface area contributed by atoms with E-state index in [-0.39, 0.29) is 12.1 Å². The van der Waals surface area contributed by atoms with Gasteiger partial charge in [0.25, 0.3) is 0 Å². The van der Waals surface area contributed by atoms with E-state index in [9.17, 15) is 5.11 Å². The van der Waals surface area contributed by atoms with E-state index in [1.165, 1.54) is 0 Å². The molecule has 0 amide bonds. The Morgan fingerprint density at radius 1 is 1.16 bits per heavy atom. The van der Waals surface area contributed by atoms with Crippen molar-refractivity contribution in [3.63, 3.8) is 0 Å². The molecule has 0 bridgehead atoms. The van der Waals surface area contributed by atoms with Gasteiger partial charge in [-0.2, -0.15) is 0 Å². The molecule has 1 saturated carbocycles. The van der Waals surface area contributed by atoms with Crippen molar-refractivity contribution in [2.75, 3.05) is 32.8 Å². The molecule has 4 atom stereocenters. The highest BCUT2D eigenvalue weighted by atomic mass is 16.5. The van der Waals surface area contributed by atoms with Crippen molar-refractivity contribution in [3.05, 3.63) is 30.6 Å². The van der Waals surface area contributed by atoms with Gasteiger partial charge in [-0.3, -0.25) is 0 Å². The van der Waals surface area contributed by atoms with Crippen LogP contribution in [0.15, 0.2) is 30.6 Å². The van der Waals surface area contributed by atoms with Gasteiger partial charge in [0.2, 0.25) is 0 Å². The lowest BCUT2D eigenvalue weighted by Gasteiger charge is -2.36. The molecular formula is C20H29N3O2. The summed E-state index contributed by atoms with van der Waals surface area (Å²) in [4.78, 5) is 7.03. The molecule has 4 rings (SSSR count). The summed E-state index contributed by atoms with van der Waals surface area (Å²) >= 11 is 0. The summed E-state index contributed by atoms with van der Waals surface area (Å²) in [5.74, 6) is 1.29. The molecule has 1 N–H and O–H groups in total. The fourth-order valence-electron chi connectivity index (χ4n) is 4.67. The number of ether oxygens (including phenoxy) is 1. The summed E-state index contributed by atoms with van der Waals surface area (Å²) in [7, 11) is 0. The van der Waals surface area contributed by atoms with E-state index in [1.807, 2.05) is 24.5 Å². The van der Waals surface area contributed by atoms with Crippen LogP contribution in [-0.2, 0) is 4.74 Å². The van der Waals surface area contributed by atoms with E-state index < -0.39 is 0 Å². The van der Waals surface area contributed by atoms with Crippen LogP contribution in [0.3, 0.4) is 0 Å². The first kappa shape index (κ1) is 17.0. The van der Waals surface area contributed by atoms with Crippen LogP contribution < -0.4 is 0 Å². The van der Waals surface area contributed by atoms with Crippen molar-refractivity contribution >= 4 is 11.0 Å². The number of imidazole rings is 1. The van der Waals surface area contributed by atoms with Crippen LogP contribution in [0.25, 0.3) is 11.0 Å². The molecule has 1 aliphatic heterocycles. The average Bonchev–Trinajstić information content (AvgIpc) is 3.21. The maximum Gasteiger partial charge on any atom is 0.0961 e. The second-order valence-corrected chi connectivity index (χ2v) is 7.64. The summed E-state index contributed by atoms with van der Waals surface area (Å²) in [6.07, 6.45) is 4.64. The van der Waals surface area contributed by atoms with E-state index in [2.05, 4.69) is 27.4 Å². The lowest BCUT2D eigenvalue weighted by Crippen LogP contribution is -2.36. The van der Waals surface area contributed by atoms with Gasteiger partial charge in [0.05, 0.1) is 36.1 Å². The zero-order valence-electron chi connectivity index (χ0n) is 15.1. The van der Waals surface area contributed by atoms with Crippen molar-refractivity contribution < 1.29 is 9.84 Å². The number of aliphatic hydroxyl groups is 1. The molecule has 1 aromatic heterocycles. The maximum absolute atomic E-state index is 10.8. The zero-order chi connectivity index (χ0) is 17.2. The molecule has 0 unspecified atom stereocenters. The van der Waals surface area contributed by atoms with Crippen LogP contribution in [0, 0.1) is 11.8 Å². The first-order valence-corrected chi connectivity index (χ1v) is 9.66. The molecule has 25 heavy (non-hydrogen) atoms. The molecule has 1 aliphatic carbocycles. The van der Waals surface area contributed by atoms with Gasteiger partial charge in [-0.25, -0.2) is 4.98 Å². The van der Waals surface area contributed by atoms with Crippen LogP contribution in [0.5, 0.6) is 0 Å². The number of fused-ring (bicyclic) bond motifs is 2. The molecule has 1 aromatic carbocycles. The minimum Gasteiger partial charge on any atom is -0.391 e. The summed E-state index contributed by atoms with van der Waals surface area (Å²) in [5, 5.41) is 10.8. The fraction of sp³-hybridized carbons (Fsp3) is 0.650. The Hall–Kier alpha value is -1.43. The Bertz CT molecular complexity index is 701. The SMILES string of the molecule is CCCOCCN1C[C@H]2C[C@@H](n3cnc4ccccc43)[C@H](O)C[C@H]2C1. The third-order valence-electron chi connectivity index (χ3n) is 5.92. The highest BCUT2D eigenvalue weighted by molar-refractivity contribution is 5.75. The Labute approximate surface area is 149 Å². The number of para-hydroxylation sites is 2. The van der Waals surface area contributed by atoms with Crippen molar-refractivity contribution in [2.24, 2.45) is 11.8 Å². The Morgan fingerprint density at radius 2 is 1.96 bits per heavy atom. The van der Waals surface area contributed by atoms with Gasteiger partial charge in [0.15, 0.2) is 0 Å².